The molecule has 3 rings (SSSR count). The highest BCUT2D eigenvalue weighted by Gasteiger charge is 2.28. The number of amides is 1. The maximum atomic E-state index is 12.8. The normalized spacial score (nSPS) is 16.9. The minimum absolute atomic E-state index is 0.0901. The van der Waals surface area contributed by atoms with Gasteiger partial charge in [0.1, 0.15) is 17.7 Å². The topological polar surface area (TPSA) is 64.5 Å². The van der Waals surface area contributed by atoms with E-state index in [1.54, 1.807) is 17.3 Å². The second-order valence-electron chi connectivity index (χ2n) is 5.29. The molecule has 2 heterocycles. The summed E-state index contributed by atoms with van der Waals surface area (Å²) in [5, 5.41) is 0. The number of carbonyl (C=O) groups is 1. The summed E-state index contributed by atoms with van der Waals surface area (Å²) in [5.74, 6) is -0.0227. The summed E-state index contributed by atoms with van der Waals surface area (Å²) in [4.78, 5) is 21.9. The molecule has 8 heteroatoms. The maximum absolute atomic E-state index is 12.8. The zero-order chi connectivity index (χ0) is 16.9. The number of benzene rings is 1. The molecule has 6 nitrogen and oxygen atoms in total. The van der Waals surface area contributed by atoms with Crippen LogP contribution in [-0.4, -0.2) is 46.6 Å². The van der Waals surface area contributed by atoms with Gasteiger partial charge in [0.15, 0.2) is 6.61 Å². The lowest BCUT2D eigenvalue weighted by Gasteiger charge is -2.17. The Morgan fingerprint density at radius 3 is 2.71 bits per heavy atom. The smallest absolute Gasteiger partial charge is 0.316 e. The van der Waals surface area contributed by atoms with E-state index in [1.807, 2.05) is 0 Å². The van der Waals surface area contributed by atoms with Crippen LogP contribution < -0.4 is 9.47 Å². The maximum Gasteiger partial charge on any atom is 0.316 e. The molecule has 1 fully saturated rings. The summed E-state index contributed by atoms with van der Waals surface area (Å²) in [7, 11) is 0. The van der Waals surface area contributed by atoms with E-state index in [2.05, 4.69) is 25.9 Å². The number of ether oxygens (including phenoxy) is 2. The summed E-state index contributed by atoms with van der Waals surface area (Å²) in [6.45, 7) is 0.963. The Morgan fingerprint density at radius 1 is 1.29 bits per heavy atom. The molecule has 2 aromatic rings. The molecule has 0 saturated carbocycles. The second-order valence-corrected chi connectivity index (χ2v) is 6.21. The molecular formula is C16H15BrFN3O3. The lowest BCUT2D eigenvalue weighted by Crippen LogP contribution is -2.34. The van der Waals surface area contributed by atoms with Gasteiger partial charge in [-0.05, 0) is 40.2 Å². The molecule has 0 unspecified atom stereocenters. The van der Waals surface area contributed by atoms with Gasteiger partial charge in [0.25, 0.3) is 5.91 Å². The Bertz CT molecular complexity index is 697. The number of aromatic nitrogens is 2. The van der Waals surface area contributed by atoms with Gasteiger partial charge in [-0.2, -0.15) is 0 Å². The standard InChI is InChI=1S/C16H15BrFN3O3/c17-11-7-19-16(20-8-11)24-14-5-6-21(9-14)15(22)10-23-13-3-1-12(18)2-4-13/h1-4,7-8,14H,5-6,9-10H2/t14-/m0/s1. The average molecular weight is 396 g/mol. The fraction of sp³-hybridized carbons (Fsp3) is 0.312. The van der Waals surface area contributed by atoms with Crippen molar-refractivity contribution >= 4 is 21.8 Å². The highest BCUT2D eigenvalue weighted by Crippen LogP contribution is 2.17. The molecule has 1 atom stereocenters. The van der Waals surface area contributed by atoms with Crippen LogP contribution >= 0.6 is 15.9 Å². The van der Waals surface area contributed by atoms with E-state index in [0.29, 0.717) is 31.3 Å². The van der Waals surface area contributed by atoms with Crippen LogP contribution in [0.15, 0.2) is 41.1 Å². The first-order valence-electron chi connectivity index (χ1n) is 7.40. The van der Waals surface area contributed by atoms with Crippen LogP contribution in [0.5, 0.6) is 11.8 Å². The van der Waals surface area contributed by atoms with E-state index in [1.165, 1.54) is 24.3 Å². The van der Waals surface area contributed by atoms with Gasteiger partial charge in [0.05, 0.1) is 11.0 Å². The average Bonchev–Trinajstić information content (AvgIpc) is 3.05. The summed E-state index contributed by atoms with van der Waals surface area (Å²) in [6, 6.07) is 5.85. The summed E-state index contributed by atoms with van der Waals surface area (Å²) in [5.41, 5.74) is 0. The van der Waals surface area contributed by atoms with Gasteiger partial charge in [-0.1, -0.05) is 0 Å². The van der Waals surface area contributed by atoms with Crippen molar-refractivity contribution in [2.45, 2.75) is 12.5 Å². The highest BCUT2D eigenvalue weighted by molar-refractivity contribution is 9.10. The molecule has 0 spiro atoms. The zero-order valence-electron chi connectivity index (χ0n) is 12.7. The lowest BCUT2D eigenvalue weighted by atomic mass is 10.3. The van der Waals surface area contributed by atoms with E-state index in [9.17, 15) is 9.18 Å². The molecular weight excluding hydrogens is 381 g/mol. The van der Waals surface area contributed by atoms with Gasteiger partial charge in [-0.25, -0.2) is 14.4 Å². The van der Waals surface area contributed by atoms with Crippen LogP contribution in [0.3, 0.4) is 0 Å². The van der Waals surface area contributed by atoms with Crippen molar-refractivity contribution in [2.24, 2.45) is 0 Å². The summed E-state index contributed by atoms with van der Waals surface area (Å²) in [6.07, 6.45) is 3.79. The molecule has 1 saturated heterocycles. The zero-order valence-corrected chi connectivity index (χ0v) is 14.3. The number of hydrogen-bond donors (Lipinski definition) is 0. The lowest BCUT2D eigenvalue weighted by molar-refractivity contribution is -0.132. The van der Waals surface area contributed by atoms with Crippen molar-refractivity contribution in [2.75, 3.05) is 19.7 Å². The Labute approximate surface area is 146 Å². The van der Waals surface area contributed by atoms with Crippen molar-refractivity contribution < 1.29 is 18.7 Å². The van der Waals surface area contributed by atoms with Crippen molar-refractivity contribution in [3.05, 3.63) is 46.9 Å². The molecule has 1 amide bonds. The fourth-order valence-corrected chi connectivity index (χ4v) is 2.53. The molecule has 126 valence electrons. The van der Waals surface area contributed by atoms with Gasteiger partial charge in [0, 0.05) is 25.4 Å². The Morgan fingerprint density at radius 2 is 2.00 bits per heavy atom. The Balaban J connectivity index is 1.46. The first-order valence-corrected chi connectivity index (χ1v) is 8.20. The second kappa shape index (κ2) is 7.57. The molecule has 1 aliphatic heterocycles. The fourth-order valence-electron chi connectivity index (χ4n) is 2.33. The molecule has 0 radical (unpaired) electrons. The Kier molecular flexibility index (Phi) is 5.24. The van der Waals surface area contributed by atoms with E-state index in [4.69, 9.17) is 9.47 Å². The molecule has 1 aromatic carbocycles. The summed E-state index contributed by atoms with van der Waals surface area (Å²) < 4.78 is 24.6. The van der Waals surface area contributed by atoms with Crippen molar-refractivity contribution in [1.29, 1.82) is 0 Å². The van der Waals surface area contributed by atoms with Crippen LogP contribution in [0, 0.1) is 5.82 Å². The van der Waals surface area contributed by atoms with Crippen LogP contribution in [-0.2, 0) is 4.79 Å². The van der Waals surface area contributed by atoms with Crippen LogP contribution in [0.4, 0.5) is 4.39 Å². The molecule has 24 heavy (non-hydrogen) atoms. The predicted octanol–water partition coefficient (Wildman–Crippen LogP) is 2.44. The third-order valence-electron chi connectivity index (χ3n) is 3.54. The van der Waals surface area contributed by atoms with Crippen LogP contribution in [0.25, 0.3) is 0 Å². The largest absolute Gasteiger partial charge is 0.484 e. The number of carbonyl (C=O) groups excluding carboxylic acids is 1. The number of nitrogens with zero attached hydrogens (tertiary/aromatic N) is 3. The molecule has 0 N–H and O–H groups in total. The van der Waals surface area contributed by atoms with E-state index in [-0.39, 0.29) is 24.4 Å². The Hall–Kier alpha value is -2.22. The molecule has 1 aromatic heterocycles. The number of hydrogen-bond acceptors (Lipinski definition) is 5. The van der Waals surface area contributed by atoms with Gasteiger partial charge >= 0.3 is 6.01 Å². The third kappa shape index (κ3) is 4.41. The number of likely N-dealkylation sites (tertiary alicyclic amines) is 1. The number of rotatable bonds is 5. The van der Waals surface area contributed by atoms with Gasteiger partial charge in [0.2, 0.25) is 0 Å². The minimum Gasteiger partial charge on any atom is -0.484 e. The van der Waals surface area contributed by atoms with Gasteiger partial charge < -0.3 is 14.4 Å². The SMILES string of the molecule is O=C(COc1ccc(F)cc1)N1CC[C@H](Oc2ncc(Br)cn2)C1. The highest BCUT2D eigenvalue weighted by atomic mass is 79.9. The van der Waals surface area contributed by atoms with Crippen LogP contribution in [0.2, 0.25) is 0 Å². The predicted molar refractivity (Wildman–Crippen MR) is 87.2 cm³/mol. The van der Waals surface area contributed by atoms with E-state index >= 15 is 0 Å². The third-order valence-corrected chi connectivity index (χ3v) is 3.95. The minimum atomic E-state index is -0.344. The summed E-state index contributed by atoms with van der Waals surface area (Å²) >= 11 is 3.26. The quantitative estimate of drug-likeness (QED) is 0.777. The van der Waals surface area contributed by atoms with Crippen molar-refractivity contribution in [1.82, 2.24) is 14.9 Å². The van der Waals surface area contributed by atoms with Gasteiger partial charge in [-0.15, -0.1) is 0 Å². The molecule has 0 bridgehead atoms. The molecule has 1 aliphatic rings. The van der Waals surface area contributed by atoms with E-state index in [0.717, 1.165) is 4.47 Å². The first kappa shape index (κ1) is 16.6. The monoisotopic (exact) mass is 395 g/mol. The number of halogens is 2. The first-order chi connectivity index (χ1) is 11.6. The van der Waals surface area contributed by atoms with Crippen molar-refractivity contribution in [3.63, 3.8) is 0 Å². The van der Waals surface area contributed by atoms with Gasteiger partial charge in [-0.3, -0.25) is 4.79 Å². The molecule has 0 aliphatic carbocycles. The van der Waals surface area contributed by atoms with Crippen molar-refractivity contribution in [3.8, 4) is 11.8 Å². The van der Waals surface area contributed by atoms with Crippen LogP contribution in [0.1, 0.15) is 6.42 Å². The van der Waals surface area contributed by atoms with E-state index < -0.39 is 0 Å².